The van der Waals surface area contributed by atoms with Crippen molar-refractivity contribution in [3.63, 3.8) is 0 Å². The molecule has 19 heavy (non-hydrogen) atoms. The summed E-state index contributed by atoms with van der Waals surface area (Å²) in [5, 5.41) is 8.83. The normalized spacial score (nSPS) is 45.7. The Hall–Kier alpha value is -0.570. The molecule has 0 atom stereocenters. The molecule has 1 aliphatic heterocycles. The number of amidine groups is 1. The van der Waals surface area contributed by atoms with Crippen molar-refractivity contribution >= 4 is 5.84 Å². The van der Waals surface area contributed by atoms with Gasteiger partial charge in [-0.1, -0.05) is 0 Å². The molecular formula is C16H27N3. The second-order valence-electron chi connectivity index (χ2n) is 7.84. The van der Waals surface area contributed by atoms with Gasteiger partial charge in [0.25, 0.3) is 0 Å². The van der Waals surface area contributed by atoms with Crippen molar-refractivity contribution in [1.29, 1.82) is 5.41 Å². The minimum Gasteiger partial charge on any atom is -0.358 e. The van der Waals surface area contributed by atoms with Crippen LogP contribution < -0.4 is 0 Å². The van der Waals surface area contributed by atoms with Crippen molar-refractivity contribution in [3.05, 3.63) is 0 Å². The van der Waals surface area contributed by atoms with Gasteiger partial charge in [0, 0.05) is 31.6 Å². The molecule has 5 aliphatic rings. The fraction of sp³-hybridized carbons (Fsp3) is 0.938. The van der Waals surface area contributed by atoms with Crippen LogP contribution in [0.4, 0.5) is 0 Å². The minimum atomic E-state index is 0.296. The average molecular weight is 261 g/mol. The van der Waals surface area contributed by atoms with Gasteiger partial charge in [0.05, 0.1) is 0 Å². The van der Waals surface area contributed by atoms with E-state index < -0.39 is 0 Å². The van der Waals surface area contributed by atoms with Crippen LogP contribution in [-0.4, -0.2) is 48.9 Å². The summed E-state index contributed by atoms with van der Waals surface area (Å²) in [6.45, 7) is 4.43. The summed E-state index contributed by atoms with van der Waals surface area (Å²) in [4.78, 5) is 4.80. The fourth-order valence-corrected chi connectivity index (χ4v) is 5.77. The second kappa shape index (κ2) is 4.21. The zero-order chi connectivity index (χ0) is 13.0. The predicted molar refractivity (Wildman–Crippen MR) is 77.4 cm³/mol. The van der Waals surface area contributed by atoms with Gasteiger partial charge >= 0.3 is 0 Å². The van der Waals surface area contributed by atoms with E-state index in [1.807, 2.05) is 0 Å². The number of hydrogen-bond acceptors (Lipinski definition) is 2. The minimum absolute atomic E-state index is 0.296. The van der Waals surface area contributed by atoms with Crippen LogP contribution in [0.3, 0.4) is 0 Å². The molecule has 0 aromatic heterocycles. The monoisotopic (exact) mass is 261 g/mol. The summed E-state index contributed by atoms with van der Waals surface area (Å²) in [5.74, 6) is 3.90. The van der Waals surface area contributed by atoms with Gasteiger partial charge in [-0.05, 0) is 63.3 Å². The number of rotatable bonds is 1. The third-order valence-electron chi connectivity index (χ3n) is 6.36. The molecule has 0 amide bonds. The molecule has 5 rings (SSSR count). The molecule has 4 aliphatic carbocycles. The highest BCUT2D eigenvalue weighted by Crippen LogP contribution is 2.60. The van der Waals surface area contributed by atoms with Crippen LogP contribution in [0.15, 0.2) is 0 Å². The van der Waals surface area contributed by atoms with Crippen molar-refractivity contribution in [2.45, 2.75) is 38.5 Å². The van der Waals surface area contributed by atoms with E-state index in [9.17, 15) is 0 Å². The second-order valence-corrected chi connectivity index (χ2v) is 7.84. The molecule has 0 unspecified atom stereocenters. The van der Waals surface area contributed by atoms with E-state index in [1.54, 1.807) is 0 Å². The van der Waals surface area contributed by atoms with Crippen molar-refractivity contribution in [3.8, 4) is 0 Å². The fourth-order valence-electron chi connectivity index (χ4n) is 5.77. The Kier molecular flexibility index (Phi) is 2.70. The van der Waals surface area contributed by atoms with E-state index in [2.05, 4.69) is 16.8 Å². The van der Waals surface area contributed by atoms with E-state index in [0.717, 1.165) is 49.8 Å². The largest absolute Gasteiger partial charge is 0.358 e. The maximum atomic E-state index is 8.83. The lowest BCUT2D eigenvalue weighted by Crippen LogP contribution is -2.57. The van der Waals surface area contributed by atoms with Gasteiger partial charge in [-0.15, -0.1) is 0 Å². The zero-order valence-corrected chi connectivity index (χ0v) is 12.2. The van der Waals surface area contributed by atoms with Gasteiger partial charge in [-0.2, -0.15) is 0 Å². The van der Waals surface area contributed by atoms with Crippen LogP contribution in [0.1, 0.15) is 38.5 Å². The first kappa shape index (κ1) is 12.2. The van der Waals surface area contributed by atoms with Gasteiger partial charge in [0.1, 0.15) is 5.84 Å². The molecule has 5 fully saturated rings. The maximum absolute atomic E-state index is 8.83. The van der Waals surface area contributed by atoms with Crippen LogP contribution in [0.5, 0.6) is 0 Å². The zero-order valence-electron chi connectivity index (χ0n) is 12.2. The molecule has 4 bridgehead atoms. The van der Waals surface area contributed by atoms with E-state index in [-0.39, 0.29) is 0 Å². The summed E-state index contributed by atoms with van der Waals surface area (Å²) in [7, 11) is 2.20. The Balaban J connectivity index is 1.53. The highest BCUT2D eigenvalue weighted by atomic mass is 15.3. The summed E-state index contributed by atoms with van der Waals surface area (Å²) >= 11 is 0. The maximum Gasteiger partial charge on any atom is 0.102 e. The SMILES string of the molecule is CN1CCN(C(=N)C23CC4CC(CC(C4)C2)C3)CC1. The van der Waals surface area contributed by atoms with Gasteiger partial charge in [0.2, 0.25) is 0 Å². The molecule has 1 heterocycles. The third-order valence-corrected chi connectivity index (χ3v) is 6.36. The Morgan fingerprint density at radius 1 is 0.895 bits per heavy atom. The van der Waals surface area contributed by atoms with Gasteiger partial charge in [-0.25, -0.2) is 0 Å². The smallest absolute Gasteiger partial charge is 0.102 e. The molecule has 0 aromatic carbocycles. The lowest BCUT2D eigenvalue weighted by molar-refractivity contribution is -0.0203. The summed E-state index contributed by atoms with van der Waals surface area (Å²) < 4.78 is 0. The molecule has 3 heteroatoms. The van der Waals surface area contributed by atoms with Crippen molar-refractivity contribution < 1.29 is 0 Å². The molecule has 106 valence electrons. The molecular weight excluding hydrogens is 234 g/mol. The standard InChI is InChI=1S/C16H27N3/c1-18-2-4-19(5-3-18)15(17)16-9-12-6-13(10-16)8-14(7-12)11-16/h12-14,17H,2-11H2,1H3. The molecule has 1 N–H and O–H groups in total. The third kappa shape index (κ3) is 1.93. The lowest BCUT2D eigenvalue weighted by atomic mass is 9.49. The quantitative estimate of drug-likeness (QED) is 0.580. The van der Waals surface area contributed by atoms with Crippen molar-refractivity contribution in [2.24, 2.45) is 23.2 Å². The van der Waals surface area contributed by atoms with Gasteiger partial charge in [-0.3, -0.25) is 5.41 Å². The van der Waals surface area contributed by atoms with Crippen LogP contribution >= 0.6 is 0 Å². The van der Waals surface area contributed by atoms with E-state index in [4.69, 9.17) is 5.41 Å². The average Bonchev–Trinajstić information content (AvgIpc) is 2.37. The first-order valence-electron chi connectivity index (χ1n) is 8.17. The summed E-state index contributed by atoms with van der Waals surface area (Å²) in [6, 6.07) is 0. The molecule has 1 saturated heterocycles. The molecule has 4 saturated carbocycles. The Bertz CT molecular complexity index is 346. The molecule has 3 nitrogen and oxygen atoms in total. The first-order chi connectivity index (χ1) is 9.14. The first-order valence-corrected chi connectivity index (χ1v) is 8.17. The number of nitrogens with zero attached hydrogens (tertiary/aromatic N) is 2. The van der Waals surface area contributed by atoms with Crippen LogP contribution in [-0.2, 0) is 0 Å². The van der Waals surface area contributed by atoms with E-state index in [1.165, 1.54) is 38.5 Å². The van der Waals surface area contributed by atoms with Crippen molar-refractivity contribution in [1.82, 2.24) is 9.80 Å². The highest BCUT2D eigenvalue weighted by Gasteiger charge is 2.54. The number of likely N-dealkylation sites (N-methyl/N-ethyl adjacent to an activating group) is 1. The van der Waals surface area contributed by atoms with Gasteiger partial charge < -0.3 is 9.80 Å². The van der Waals surface area contributed by atoms with Crippen LogP contribution in [0, 0.1) is 28.6 Å². The number of piperazine rings is 1. The molecule has 0 aromatic rings. The number of hydrogen-bond donors (Lipinski definition) is 1. The number of nitrogens with one attached hydrogen (secondary N) is 1. The van der Waals surface area contributed by atoms with E-state index in [0.29, 0.717) is 5.41 Å². The Labute approximate surface area is 116 Å². The summed E-state index contributed by atoms with van der Waals surface area (Å²) in [6.07, 6.45) is 8.46. The molecule has 0 spiro atoms. The predicted octanol–water partition coefficient (Wildman–Crippen LogP) is 2.43. The topological polar surface area (TPSA) is 30.3 Å². The Morgan fingerprint density at radius 3 is 1.84 bits per heavy atom. The van der Waals surface area contributed by atoms with E-state index >= 15 is 0 Å². The highest BCUT2D eigenvalue weighted by molar-refractivity contribution is 5.86. The van der Waals surface area contributed by atoms with Crippen molar-refractivity contribution in [2.75, 3.05) is 33.2 Å². The summed E-state index contributed by atoms with van der Waals surface area (Å²) in [5.41, 5.74) is 0.296. The van der Waals surface area contributed by atoms with Gasteiger partial charge in [0.15, 0.2) is 0 Å². The van der Waals surface area contributed by atoms with Crippen LogP contribution in [0.25, 0.3) is 0 Å². The lowest BCUT2D eigenvalue weighted by Gasteiger charge is -2.58. The molecule has 0 radical (unpaired) electrons. The Morgan fingerprint density at radius 2 is 1.37 bits per heavy atom. The van der Waals surface area contributed by atoms with Crippen LogP contribution in [0.2, 0.25) is 0 Å².